The smallest absolute Gasteiger partial charge is 0.406 e. The van der Waals surface area contributed by atoms with Gasteiger partial charge in [-0.25, -0.2) is 0 Å². The summed E-state index contributed by atoms with van der Waals surface area (Å²) in [6, 6.07) is 5.35. The van der Waals surface area contributed by atoms with Gasteiger partial charge in [0, 0.05) is 12.5 Å². The summed E-state index contributed by atoms with van der Waals surface area (Å²) in [4.78, 5) is 0. The van der Waals surface area contributed by atoms with Crippen molar-refractivity contribution < 1.29 is 17.9 Å². The quantitative estimate of drug-likeness (QED) is 0.839. The molecule has 18 heavy (non-hydrogen) atoms. The molecule has 2 N–H and O–H groups in total. The Hall–Kier alpha value is -1.67. The monoisotopic (exact) mass is 257 g/mol. The largest absolute Gasteiger partial charge is 0.573 e. The van der Waals surface area contributed by atoms with E-state index in [2.05, 4.69) is 16.6 Å². The van der Waals surface area contributed by atoms with E-state index in [4.69, 9.17) is 5.73 Å². The summed E-state index contributed by atoms with van der Waals surface area (Å²) in [7, 11) is 0. The average Bonchev–Trinajstić information content (AvgIpc) is 2.28. The average molecular weight is 257 g/mol. The maximum absolute atomic E-state index is 11.9. The van der Waals surface area contributed by atoms with Crippen LogP contribution in [0.2, 0.25) is 0 Å². The number of benzene rings is 1. The first-order chi connectivity index (χ1) is 8.42. The molecule has 0 heterocycles. The zero-order chi connectivity index (χ0) is 13.6. The molecule has 0 spiro atoms. The maximum Gasteiger partial charge on any atom is 0.573 e. The molecule has 1 rings (SSSR count). The number of ether oxygens (including phenoxy) is 1. The molecule has 0 saturated heterocycles. The van der Waals surface area contributed by atoms with Crippen LogP contribution in [0, 0.1) is 11.8 Å². The van der Waals surface area contributed by atoms with Gasteiger partial charge in [0.25, 0.3) is 0 Å². The van der Waals surface area contributed by atoms with Crippen molar-refractivity contribution in [2.24, 2.45) is 5.73 Å². The predicted octanol–water partition coefficient (Wildman–Crippen LogP) is 3.39. The number of nitrogens with two attached hydrogens (primary N) is 1. The maximum atomic E-state index is 11.9. The van der Waals surface area contributed by atoms with Crippen LogP contribution in [0.1, 0.15) is 31.4 Å². The fourth-order valence-corrected chi connectivity index (χ4v) is 1.44. The summed E-state index contributed by atoms with van der Waals surface area (Å²) < 4.78 is 39.6. The number of halogens is 3. The van der Waals surface area contributed by atoms with E-state index in [1.54, 1.807) is 6.92 Å². The van der Waals surface area contributed by atoms with Crippen LogP contribution in [0.5, 0.6) is 5.75 Å². The van der Waals surface area contributed by atoms with Gasteiger partial charge in [-0.15, -0.1) is 25.0 Å². The third-order valence-corrected chi connectivity index (χ3v) is 2.30. The van der Waals surface area contributed by atoms with Crippen LogP contribution in [0.3, 0.4) is 0 Å². The molecule has 2 nitrogen and oxygen atoms in total. The van der Waals surface area contributed by atoms with Crippen molar-refractivity contribution in [2.45, 2.75) is 32.2 Å². The summed E-state index contributed by atoms with van der Waals surface area (Å²) in [5.74, 6) is 5.40. The second kappa shape index (κ2) is 6.31. The SMILES string of the molecule is CC#CCCC(N)c1ccc(OC(F)(F)F)cc1. The summed E-state index contributed by atoms with van der Waals surface area (Å²) in [5.41, 5.74) is 6.65. The lowest BCUT2D eigenvalue weighted by molar-refractivity contribution is -0.274. The molecule has 0 aliphatic rings. The number of rotatable bonds is 4. The normalized spacial score (nSPS) is 12.5. The van der Waals surface area contributed by atoms with E-state index in [1.807, 2.05) is 0 Å². The summed E-state index contributed by atoms with van der Waals surface area (Å²) in [5, 5.41) is 0. The number of alkyl halides is 3. The molecule has 0 bridgehead atoms. The molecule has 0 fully saturated rings. The van der Waals surface area contributed by atoms with E-state index in [-0.39, 0.29) is 11.8 Å². The Labute approximate surface area is 104 Å². The minimum atomic E-state index is -4.67. The number of hydrogen-bond acceptors (Lipinski definition) is 2. The topological polar surface area (TPSA) is 35.2 Å². The van der Waals surface area contributed by atoms with Crippen molar-refractivity contribution in [3.63, 3.8) is 0 Å². The molecule has 0 aromatic heterocycles. The van der Waals surface area contributed by atoms with Crippen molar-refractivity contribution in [1.29, 1.82) is 0 Å². The van der Waals surface area contributed by atoms with Gasteiger partial charge in [-0.1, -0.05) is 12.1 Å². The van der Waals surface area contributed by atoms with Crippen LogP contribution in [0.25, 0.3) is 0 Å². The highest BCUT2D eigenvalue weighted by molar-refractivity contribution is 5.29. The van der Waals surface area contributed by atoms with Crippen molar-refractivity contribution in [1.82, 2.24) is 0 Å². The van der Waals surface area contributed by atoms with Gasteiger partial charge in [0.15, 0.2) is 0 Å². The fraction of sp³-hybridized carbons (Fsp3) is 0.385. The van der Waals surface area contributed by atoms with Crippen molar-refractivity contribution in [2.75, 3.05) is 0 Å². The first-order valence-electron chi connectivity index (χ1n) is 5.43. The van der Waals surface area contributed by atoms with Gasteiger partial charge in [-0.2, -0.15) is 0 Å². The van der Waals surface area contributed by atoms with E-state index in [9.17, 15) is 13.2 Å². The zero-order valence-electron chi connectivity index (χ0n) is 9.92. The van der Waals surface area contributed by atoms with Crippen molar-refractivity contribution in [3.8, 4) is 17.6 Å². The molecule has 1 unspecified atom stereocenters. The minimum absolute atomic E-state index is 0.231. The number of hydrogen-bond donors (Lipinski definition) is 1. The van der Waals surface area contributed by atoms with Gasteiger partial charge in [0.05, 0.1) is 0 Å². The standard InChI is InChI=1S/C13H14F3NO/c1-2-3-4-5-12(17)10-6-8-11(9-7-10)18-13(14,15)16/h6-9,12H,4-5,17H2,1H3. The molecule has 0 radical (unpaired) electrons. The lowest BCUT2D eigenvalue weighted by Gasteiger charge is -2.12. The third-order valence-electron chi connectivity index (χ3n) is 2.30. The van der Waals surface area contributed by atoms with E-state index < -0.39 is 6.36 Å². The fourth-order valence-electron chi connectivity index (χ4n) is 1.44. The van der Waals surface area contributed by atoms with E-state index >= 15 is 0 Å². The summed E-state index contributed by atoms with van der Waals surface area (Å²) >= 11 is 0. The van der Waals surface area contributed by atoms with Crippen LogP contribution in [0.15, 0.2) is 24.3 Å². The van der Waals surface area contributed by atoms with Gasteiger partial charge in [-0.3, -0.25) is 0 Å². The molecule has 1 aromatic carbocycles. The van der Waals surface area contributed by atoms with E-state index in [0.717, 1.165) is 5.56 Å². The second-order valence-electron chi connectivity index (χ2n) is 3.69. The molecule has 1 atom stereocenters. The minimum Gasteiger partial charge on any atom is -0.406 e. The Morgan fingerprint density at radius 2 is 1.89 bits per heavy atom. The molecule has 5 heteroatoms. The van der Waals surface area contributed by atoms with Crippen molar-refractivity contribution >= 4 is 0 Å². The predicted molar refractivity (Wildman–Crippen MR) is 62.7 cm³/mol. The first-order valence-corrected chi connectivity index (χ1v) is 5.43. The van der Waals surface area contributed by atoms with Crippen LogP contribution in [-0.2, 0) is 0 Å². The first kappa shape index (κ1) is 14.4. The van der Waals surface area contributed by atoms with Gasteiger partial charge < -0.3 is 10.5 Å². The van der Waals surface area contributed by atoms with Crippen LogP contribution >= 0.6 is 0 Å². The summed E-state index contributed by atoms with van der Waals surface area (Å²) in [6.45, 7) is 1.74. The van der Waals surface area contributed by atoms with Gasteiger partial charge in [0.1, 0.15) is 5.75 Å². The molecule has 1 aromatic rings. The molecular formula is C13H14F3NO. The highest BCUT2D eigenvalue weighted by Crippen LogP contribution is 2.24. The Morgan fingerprint density at radius 1 is 1.28 bits per heavy atom. The highest BCUT2D eigenvalue weighted by atomic mass is 19.4. The van der Waals surface area contributed by atoms with E-state index in [0.29, 0.717) is 12.8 Å². The molecular weight excluding hydrogens is 243 g/mol. The lowest BCUT2D eigenvalue weighted by atomic mass is 10.0. The molecule has 0 amide bonds. The Bertz CT molecular complexity index is 428. The lowest BCUT2D eigenvalue weighted by Crippen LogP contribution is -2.17. The van der Waals surface area contributed by atoms with Gasteiger partial charge >= 0.3 is 6.36 Å². The second-order valence-corrected chi connectivity index (χ2v) is 3.69. The Balaban J connectivity index is 2.61. The van der Waals surface area contributed by atoms with Gasteiger partial charge in [-0.05, 0) is 31.0 Å². The zero-order valence-corrected chi connectivity index (χ0v) is 9.92. The summed E-state index contributed by atoms with van der Waals surface area (Å²) in [6.07, 6.45) is -3.33. The Kier molecular flexibility index (Phi) is 5.05. The molecule has 0 aliphatic carbocycles. The van der Waals surface area contributed by atoms with Crippen LogP contribution in [0.4, 0.5) is 13.2 Å². The Morgan fingerprint density at radius 3 is 2.39 bits per heavy atom. The van der Waals surface area contributed by atoms with E-state index in [1.165, 1.54) is 24.3 Å². The molecule has 0 saturated carbocycles. The molecule has 0 aliphatic heterocycles. The van der Waals surface area contributed by atoms with Crippen LogP contribution < -0.4 is 10.5 Å². The van der Waals surface area contributed by atoms with Crippen LogP contribution in [-0.4, -0.2) is 6.36 Å². The molecule has 98 valence electrons. The van der Waals surface area contributed by atoms with Crippen molar-refractivity contribution in [3.05, 3.63) is 29.8 Å². The van der Waals surface area contributed by atoms with Gasteiger partial charge in [0.2, 0.25) is 0 Å². The third kappa shape index (κ3) is 5.11. The highest BCUT2D eigenvalue weighted by Gasteiger charge is 2.30.